The Hall–Kier alpha value is -4.80. The van der Waals surface area contributed by atoms with Gasteiger partial charge in [-0.25, -0.2) is 4.79 Å². The number of rotatable bonds is 21. The zero-order valence-electron chi connectivity index (χ0n) is 32.3. The van der Waals surface area contributed by atoms with E-state index in [1.165, 1.54) is 16.7 Å². The Morgan fingerprint density at radius 1 is 0.825 bits per heavy atom. The number of thioether (sulfide) groups is 1. The van der Waals surface area contributed by atoms with Crippen molar-refractivity contribution < 1.29 is 48.0 Å². The summed E-state index contributed by atoms with van der Waals surface area (Å²) in [5.41, 5.74) is 0.617. The molecule has 1 aromatic carbocycles. The van der Waals surface area contributed by atoms with E-state index in [9.17, 15) is 43.2 Å². The van der Waals surface area contributed by atoms with Crippen LogP contribution in [0.4, 0.5) is 5.69 Å². The maximum absolute atomic E-state index is 13.1. The largest absolute Gasteiger partial charge is 0.356 e. The van der Waals surface area contributed by atoms with E-state index in [0.717, 1.165) is 25.7 Å². The number of carbonyl (C=O) groups excluding carboxylic acids is 9. The SMILES string of the molecule is O=C(CCCCCN1C(=O)CC(SCCCCCC(NC(=O)C2CCC(=O)N2)C(=O)Nc2ccccc2)C1=O)NCC1CCC(C(=O)ON2C(=O)CCC2=O)CC1. The van der Waals surface area contributed by atoms with Gasteiger partial charge in [-0.05, 0) is 81.6 Å². The lowest BCUT2D eigenvalue weighted by Crippen LogP contribution is -2.50. The van der Waals surface area contributed by atoms with Crippen LogP contribution >= 0.6 is 11.8 Å². The standard InChI is InChI=1S/C40H54N6O10S/c47-32(41-25-26-14-16-27(17-15-26)40(55)56-46-34(49)20-21-35(46)50)13-7-2-8-22-45-36(51)24-31(39(45)54)57-23-9-3-6-12-29(37(52)42-28-10-4-1-5-11-28)44-38(53)30-18-19-33(48)43-30/h1,4-5,10-11,26-27,29-31H,2-3,6-9,12-25H2,(H,41,47)(H,42,52)(H,43,48)(H,44,53). The highest BCUT2D eigenvalue weighted by Crippen LogP contribution is 2.30. The lowest BCUT2D eigenvalue weighted by molar-refractivity contribution is -0.201. The fourth-order valence-electron chi connectivity index (χ4n) is 7.48. The van der Waals surface area contributed by atoms with Crippen molar-refractivity contribution in [3.63, 3.8) is 0 Å². The van der Waals surface area contributed by atoms with Crippen molar-refractivity contribution >= 4 is 70.7 Å². The van der Waals surface area contributed by atoms with Crippen LogP contribution in [-0.2, 0) is 48.0 Å². The lowest BCUT2D eigenvalue weighted by atomic mass is 9.82. The number of hydrogen-bond acceptors (Lipinski definition) is 11. The van der Waals surface area contributed by atoms with Crippen LogP contribution < -0.4 is 21.3 Å². The maximum Gasteiger partial charge on any atom is 0.336 e. The van der Waals surface area contributed by atoms with E-state index in [2.05, 4.69) is 21.3 Å². The molecule has 1 aliphatic carbocycles. The molecule has 0 bridgehead atoms. The number of unbranched alkanes of at least 4 members (excludes halogenated alkanes) is 4. The van der Waals surface area contributed by atoms with E-state index in [1.54, 1.807) is 24.3 Å². The second-order valence-electron chi connectivity index (χ2n) is 15.2. The topological polar surface area (TPSA) is 217 Å². The van der Waals surface area contributed by atoms with Gasteiger partial charge in [0.25, 0.3) is 11.8 Å². The highest BCUT2D eigenvalue weighted by Gasteiger charge is 2.39. The average Bonchev–Trinajstić information content (AvgIpc) is 3.87. The predicted octanol–water partition coefficient (Wildman–Crippen LogP) is 2.90. The monoisotopic (exact) mass is 810 g/mol. The normalized spacial score (nSPS) is 22.7. The first-order chi connectivity index (χ1) is 27.5. The summed E-state index contributed by atoms with van der Waals surface area (Å²) in [5.74, 6) is -2.36. The number of para-hydroxylation sites is 1. The highest BCUT2D eigenvalue weighted by molar-refractivity contribution is 8.00. The van der Waals surface area contributed by atoms with Gasteiger partial charge in [-0.3, -0.25) is 43.3 Å². The maximum atomic E-state index is 13.1. The molecular formula is C40H54N6O10S. The first kappa shape index (κ1) is 43.3. The fourth-order valence-corrected chi connectivity index (χ4v) is 8.66. The molecule has 1 saturated carbocycles. The molecule has 0 aromatic heterocycles. The van der Waals surface area contributed by atoms with Gasteiger partial charge in [0.15, 0.2) is 0 Å². The van der Waals surface area contributed by atoms with Crippen LogP contribution in [0.15, 0.2) is 30.3 Å². The summed E-state index contributed by atoms with van der Waals surface area (Å²) < 4.78 is 0. The van der Waals surface area contributed by atoms with Gasteiger partial charge in [-0.1, -0.05) is 37.5 Å². The Labute approximate surface area is 336 Å². The molecule has 1 aromatic rings. The minimum atomic E-state index is -0.776. The molecule has 3 heterocycles. The molecule has 3 unspecified atom stereocenters. The third-order valence-corrected chi connectivity index (χ3v) is 12.2. The lowest BCUT2D eigenvalue weighted by Gasteiger charge is -2.28. The Morgan fingerprint density at radius 2 is 1.54 bits per heavy atom. The number of likely N-dealkylation sites (tertiary alicyclic amines) is 1. The van der Waals surface area contributed by atoms with Gasteiger partial charge in [0.1, 0.15) is 12.1 Å². The minimum absolute atomic E-state index is 0.0553. The first-order valence-electron chi connectivity index (χ1n) is 20.2. The molecule has 3 atom stereocenters. The molecule has 3 aliphatic heterocycles. The molecule has 8 amide bonds. The molecular weight excluding hydrogens is 757 g/mol. The van der Waals surface area contributed by atoms with Crippen LogP contribution in [0.5, 0.6) is 0 Å². The quantitative estimate of drug-likeness (QED) is 0.105. The molecule has 17 heteroatoms. The number of nitrogens with zero attached hydrogens (tertiary/aromatic N) is 2. The predicted molar refractivity (Wildman–Crippen MR) is 208 cm³/mol. The molecule has 4 fully saturated rings. The molecule has 4 N–H and O–H groups in total. The molecule has 4 aliphatic rings. The van der Waals surface area contributed by atoms with E-state index in [4.69, 9.17) is 4.84 Å². The average molecular weight is 811 g/mol. The van der Waals surface area contributed by atoms with Gasteiger partial charge in [-0.2, -0.15) is 0 Å². The van der Waals surface area contributed by atoms with E-state index in [0.29, 0.717) is 87.4 Å². The van der Waals surface area contributed by atoms with Crippen molar-refractivity contribution in [3.05, 3.63) is 30.3 Å². The molecule has 57 heavy (non-hydrogen) atoms. The van der Waals surface area contributed by atoms with E-state index in [-0.39, 0.29) is 73.0 Å². The number of imide groups is 2. The number of anilines is 1. The third-order valence-electron chi connectivity index (χ3n) is 10.9. The second kappa shape index (κ2) is 21.6. The van der Waals surface area contributed by atoms with Crippen molar-refractivity contribution in [1.29, 1.82) is 0 Å². The molecule has 5 rings (SSSR count). The smallest absolute Gasteiger partial charge is 0.336 e. The molecule has 0 spiro atoms. The minimum Gasteiger partial charge on any atom is -0.356 e. The summed E-state index contributed by atoms with van der Waals surface area (Å²) in [6, 6.07) is 7.54. The summed E-state index contributed by atoms with van der Waals surface area (Å²) in [6.07, 6.45) is 8.36. The van der Waals surface area contributed by atoms with Gasteiger partial charge >= 0.3 is 5.97 Å². The van der Waals surface area contributed by atoms with Crippen molar-refractivity contribution in [2.45, 2.75) is 126 Å². The van der Waals surface area contributed by atoms with Gasteiger partial charge in [0.05, 0.1) is 11.2 Å². The Balaban J connectivity index is 0.905. The summed E-state index contributed by atoms with van der Waals surface area (Å²) in [5, 5.41) is 11.4. The number of amides is 8. The van der Waals surface area contributed by atoms with Gasteiger partial charge in [0, 0.05) is 50.9 Å². The van der Waals surface area contributed by atoms with Crippen molar-refractivity contribution in [3.8, 4) is 0 Å². The van der Waals surface area contributed by atoms with Crippen LogP contribution in [-0.4, -0.2) is 99.4 Å². The molecule has 3 saturated heterocycles. The van der Waals surface area contributed by atoms with Crippen LogP contribution in [0, 0.1) is 11.8 Å². The van der Waals surface area contributed by atoms with Crippen LogP contribution in [0.25, 0.3) is 0 Å². The molecule has 16 nitrogen and oxygen atoms in total. The molecule has 310 valence electrons. The van der Waals surface area contributed by atoms with Crippen LogP contribution in [0.1, 0.15) is 109 Å². The number of hydroxylamine groups is 2. The Bertz CT molecular complexity index is 1640. The van der Waals surface area contributed by atoms with Crippen LogP contribution in [0.3, 0.4) is 0 Å². The second-order valence-corrected chi connectivity index (χ2v) is 16.5. The van der Waals surface area contributed by atoms with Crippen molar-refractivity contribution in [2.75, 3.05) is 24.2 Å². The summed E-state index contributed by atoms with van der Waals surface area (Å²) in [7, 11) is 0. The zero-order chi connectivity index (χ0) is 40.7. The third kappa shape index (κ3) is 13.1. The number of hydrogen-bond donors (Lipinski definition) is 4. The zero-order valence-corrected chi connectivity index (χ0v) is 33.1. The van der Waals surface area contributed by atoms with Crippen molar-refractivity contribution in [1.82, 2.24) is 25.9 Å². The van der Waals surface area contributed by atoms with E-state index < -0.39 is 35.1 Å². The number of carbonyl (C=O) groups is 9. The van der Waals surface area contributed by atoms with Gasteiger partial charge in [0.2, 0.25) is 35.4 Å². The fraction of sp³-hybridized carbons (Fsp3) is 0.625. The van der Waals surface area contributed by atoms with Gasteiger partial charge < -0.3 is 26.1 Å². The number of benzene rings is 1. The number of nitrogens with one attached hydrogen (secondary N) is 4. The summed E-state index contributed by atoms with van der Waals surface area (Å²) >= 11 is 1.46. The Morgan fingerprint density at radius 3 is 2.25 bits per heavy atom. The van der Waals surface area contributed by atoms with Crippen molar-refractivity contribution in [2.24, 2.45) is 11.8 Å². The highest BCUT2D eigenvalue weighted by atomic mass is 32.2. The van der Waals surface area contributed by atoms with E-state index in [1.807, 2.05) is 6.07 Å². The first-order valence-corrected chi connectivity index (χ1v) is 21.3. The van der Waals surface area contributed by atoms with E-state index >= 15 is 0 Å². The summed E-state index contributed by atoms with van der Waals surface area (Å²) in [6.45, 7) is 0.831. The van der Waals surface area contributed by atoms with Crippen LogP contribution in [0.2, 0.25) is 0 Å². The summed E-state index contributed by atoms with van der Waals surface area (Å²) in [4.78, 5) is 118. The van der Waals surface area contributed by atoms with Gasteiger partial charge in [-0.15, -0.1) is 16.8 Å². The Kier molecular flexibility index (Phi) is 16.5. The molecule has 0 radical (unpaired) electrons.